The van der Waals surface area contributed by atoms with Crippen LogP contribution in [-0.2, 0) is 0 Å². The Morgan fingerprint density at radius 3 is 1.58 bits per heavy atom. The third-order valence-electron chi connectivity index (χ3n) is 5.21. The van der Waals surface area contributed by atoms with Crippen LogP contribution in [0.15, 0.2) is 36.4 Å². The summed E-state index contributed by atoms with van der Waals surface area (Å²) in [5.41, 5.74) is 8.61. The minimum atomic E-state index is 0.653. The van der Waals surface area contributed by atoms with Crippen molar-refractivity contribution in [3.8, 4) is 0 Å². The second-order valence-corrected chi connectivity index (χ2v) is 7.78. The van der Waals surface area contributed by atoms with Crippen LogP contribution < -0.4 is 0 Å². The summed E-state index contributed by atoms with van der Waals surface area (Å²) in [6, 6.07) is 14.0. The Morgan fingerprint density at radius 1 is 0.667 bits per heavy atom. The molecule has 2 rings (SSSR count). The van der Waals surface area contributed by atoms with Gasteiger partial charge in [-0.05, 0) is 69.9 Å². The van der Waals surface area contributed by atoms with Gasteiger partial charge in [-0.2, -0.15) is 0 Å². The molecule has 0 aliphatic carbocycles. The van der Waals surface area contributed by atoms with E-state index in [2.05, 4.69) is 77.9 Å². The van der Waals surface area contributed by atoms with E-state index in [9.17, 15) is 0 Å². The maximum absolute atomic E-state index is 2.38. The van der Waals surface area contributed by atoms with Gasteiger partial charge in [-0.15, -0.1) is 0 Å². The molecule has 0 amide bonds. The van der Waals surface area contributed by atoms with Gasteiger partial charge in [0.1, 0.15) is 0 Å². The van der Waals surface area contributed by atoms with Crippen molar-refractivity contribution in [2.75, 3.05) is 0 Å². The van der Waals surface area contributed by atoms with Crippen molar-refractivity contribution in [1.82, 2.24) is 0 Å². The fraction of sp³-hybridized carbons (Fsp3) is 0.500. The first-order valence-electron chi connectivity index (χ1n) is 9.55. The van der Waals surface area contributed by atoms with Crippen LogP contribution in [0.4, 0.5) is 0 Å². The third-order valence-corrected chi connectivity index (χ3v) is 5.21. The summed E-state index contributed by atoms with van der Waals surface area (Å²) in [4.78, 5) is 0. The van der Waals surface area contributed by atoms with Crippen molar-refractivity contribution in [3.05, 3.63) is 69.8 Å². The van der Waals surface area contributed by atoms with Gasteiger partial charge >= 0.3 is 0 Å². The lowest BCUT2D eigenvalue weighted by Crippen LogP contribution is -2.01. The van der Waals surface area contributed by atoms with Crippen LogP contribution in [0.5, 0.6) is 0 Å². The lowest BCUT2D eigenvalue weighted by Gasteiger charge is -2.19. The van der Waals surface area contributed by atoms with Crippen molar-refractivity contribution < 1.29 is 0 Å². The molecule has 0 bridgehead atoms. The first-order chi connectivity index (χ1) is 11.4. The Bertz CT molecular complexity index is 625. The fourth-order valence-corrected chi connectivity index (χ4v) is 3.98. The predicted octanol–water partition coefficient (Wildman–Crippen LogP) is 7.39. The monoisotopic (exact) mass is 322 g/mol. The highest BCUT2D eigenvalue weighted by molar-refractivity contribution is 5.32. The molecule has 0 spiro atoms. The summed E-state index contributed by atoms with van der Waals surface area (Å²) in [6.45, 7) is 13.5. The SMILES string of the molecule is CCC(CCCC(C)c1cc(C)cc(C)c1)c1cc(C)cc(C)c1. The predicted molar refractivity (Wildman–Crippen MR) is 107 cm³/mol. The zero-order valence-electron chi connectivity index (χ0n) is 16.4. The van der Waals surface area contributed by atoms with E-state index < -0.39 is 0 Å². The fourth-order valence-electron chi connectivity index (χ4n) is 3.98. The number of hydrogen-bond donors (Lipinski definition) is 0. The highest BCUT2D eigenvalue weighted by Gasteiger charge is 2.12. The minimum Gasteiger partial charge on any atom is -0.0648 e. The molecule has 0 heteroatoms. The maximum atomic E-state index is 2.38. The molecule has 0 aliphatic rings. The molecule has 0 heterocycles. The van der Waals surface area contributed by atoms with E-state index in [0.29, 0.717) is 11.8 Å². The van der Waals surface area contributed by atoms with Gasteiger partial charge in [-0.3, -0.25) is 0 Å². The Morgan fingerprint density at radius 2 is 1.12 bits per heavy atom. The van der Waals surface area contributed by atoms with E-state index in [0.717, 1.165) is 0 Å². The van der Waals surface area contributed by atoms with Gasteiger partial charge in [0.2, 0.25) is 0 Å². The van der Waals surface area contributed by atoms with E-state index in [1.165, 1.54) is 59.1 Å². The lowest BCUT2D eigenvalue weighted by molar-refractivity contribution is 0.529. The van der Waals surface area contributed by atoms with Crippen LogP contribution in [0, 0.1) is 27.7 Å². The number of benzene rings is 2. The van der Waals surface area contributed by atoms with E-state index in [1.54, 1.807) is 0 Å². The largest absolute Gasteiger partial charge is 0.0648 e. The van der Waals surface area contributed by atoms with E-state index >= 15 is 0 Å². The molecule has 0 aliphatic heterocycles. The quantitative estimate of drug-likeness (QED) is 0.498. The maximum Gasteiger partial charge on any atom is -0.0164 e. The van der Waals surface area contributed by atoms with Gasteiger partial charge in [-0.1, -0.05) is 78.9 Å². The van der Waals surface area contributed by atoms with Gasteiger partial charge in [0, 0.05) is 0 Å². The molecule has 130 valence electrons. The van der Waals surface area contributed by atoms with E-state index in [4.69, 9.17) is 0 Å². The van der Waals surface area contributed by atoms with Crippen molar-refractivity contribution in [2.45, 2.75) is 79.1 Å². The minimum absolute atomic E-state index is 0.653. The molecular formula is C24H34. The number of rotatable bonds is 7. The van der Waals surface area contributed by atoms with Gasteiger partial charge in [0.05, 0.1) is 0 Å². The van der Waals surface area contributed by atoms with Crippen LogP contribution in [0.2, 0.25) is 0 Å². The normalized spacial score (nSPS) is 13.8. The van der Waals surface area contributed by atoms with Crippen molar-refractivity contribution in [3.63, 3.8) is 0 Å². The van der Waals surface area contributed by atoms with Crippen LogP contribution in [0.25, 0.3) is 0 Å². The summed E-state index contributed by atoms with van der Waals surface area (Å²) in [6.07, 6.45) is 5.12. The Balaban J connectivity index is 1.96. The van der Waals surface area contributed by atoms with Crippen molar-refractivity contribution >= 4 is 0 Å². The highest BCUT2D eigenvalue weighted by Crippen LogP contribution is 2.30. The lowest BCUT2D eigenvalue weighted by atomic mass is 9.86. The second-order valence-electron chi connectivity index (χ2n) is 7.78. The summed E-state index contributed by atoms with van der Waals surface area (Å²) in [5, 5.41) is 0. The molecule has 0 aromatic heterocycles. The molecule has 0 fully saturated rings. The molecule has 0 nitrogen and oxygen atoms in total. The van der Waals surface area contributed by atoms with E-state index in [-0.39, 0.29) is 0 Å². The zero-order valence-corrected chi connectivity index (χ0v) is 16.4. The Hall–Kier alpha value is -1.56. The van der Waals surface area contributed by atoms with Gasteiger partial charge in [0.15, 0.2) is 0 Å². The van der Waals surface area contributed by atoms with Gasteiger partial charge in [0.25, 0.3) is 0 Å². The van der Waals surface area contributed by atoms with Crippen LogP contribution in [0.1, 0.15) is 84.7 Å². The molecule has 0 radical (unpaired) electrons. The van der Waals surface area contributed by atoms with Crippen LogP contribution >= 0.6 is 0 Å². The molecule has 2 aromatic rings. The first kappa shape index (κ1) is 18.8. The average molecular weight is 323 g/mol. The topological polar surface area (TPSA) is 0 Å². The average Bonchev–Trinajstić information content (AvgIpc) is 2.49. The molecule has 0 saturated carbocycles. The summed E-state index contributed by atoms with van der Waals surface area (Å²) < 4.78 is 0. The summed E-state index contributed by atoms with van der Waals surface area (Å²) in [7, 11) is 0. The van der Waals surface area contributed by atoms with Gasteiger partial charge in [-0.25, -0.2) is 0 Å². The smallest absolute Gasteiger partial charge is 0.0164 e. The van der Waals surface area contributed by atoms with Crippen LogP contribution in [0.3, 0.4) is 0 Å². The summed E-state index contributed by atoms with van der Waals surface area (Å²) >= 11 is 0. The standard InChI is InChI=1S/C24H34/c1-7-22(24-15-19(4)12-20(5)16-24)10-8-9-21(6)23-13-17(2)11-18(3)14-23/h11-16,21-22H,7-10H2,1-6H3. The van der Waals surface area contributed by atoms with Crippen molar-refractivity contribution in [2.24, 2.45) is 0 Å². The van der Waals surface area contributed by atoms with Crippen LogP contribution in [-0.4, -0.2) is 0 Å². The summed E-state index contributed by atoms with van der Waals surface area (Å²) in [5.74, 6) is 1.36. The molecule has 0 saturated heterocycles. The van der Waals surface area contributed by atoms with Crippen molar-refractivity contribution in [1.29, 1.82) is 0 Å². The van der Waals surface area contributed by atoms with E-state index in [1.807, 2.05) is 0 Å². The number of hydrogen-bond acceptors (Lipinski definition) is 0. The molecular weight excluding hydrogens is 288 g/mol. The molecule has 2 aromatic carbocycles. The van der Waals surface area contributed by atoms with Gasteiger partial charge < -0.3 is 0 Å². The molecule has 0 N–H and O–H groups in total. The first-order valence-corrected chi connectivity index (χ1v) is 9.55. The Labute approximate surface area is 149 Å². The highest BCUT2D eigenvalue weighted by atomic mass is 14.2. The molecule has 2 atom stereocenters. The zero-order chi connectivity index (χ0) is 17.7. The molecule has 2 unspecified atom stereocenters. The number of aryl methyl sites for hydroxylation is 4. The Kier molecular flexibility index (Phi) is 6.66. The second kappa shape index (κ2) is 8.51. The molecule has 24 heavy (non-hydrogen) atoms. The third kappa shape index (κ3) is 5.23.